The fourth-order valence-corrected chi connectivity index (χ4v) is 4.38. The largest absolute Gasteiger partial charge is 0.416 e. The first kappa shape index (κ1) is 24.1. The van der Waals surface area contributed by atoms with Gasteiger partial charge in [0.2, 0.25) is 11.8 Å². The van der Waals surface area contributed by atoms with Gasteiger partial charge in [0, 0.05) is 24.5 Å². The van der Waals surface area contributed by atoms with Gasteiger partial charge >= 0.3 is 6.18 Å². The summed E-state index contributed by atoms with van der Waals surface area (Å²) in [5.74, 6) is -0.611. The molecule has 1 N–H and O–H groups in total. The van der Waals surface area contributed by atoms with Gasteiger partial charge in [0.1, 0.15) is 0 Å². The number of hydrogen-bond donors (Lipinski definition) is 1. The number of halogens is 4. The van der Waals surface area contributed by atoms with E-state index in [1.165, 1.54) is 17.0 Å². The summed E-state index contributed by atoms with van der Waals surface area (Å²) in [6.07, 6.45) is -4.03. The standard InChI is InChI=1S/C22H21ClF3N3O2S/c1-2-27-20(31)18-13-19(30)29(11-10-14-6-8-16(23)9-7-14)21(32-18)28-17-5-3-4-15(12-17)22(24,25)26/h3-9,12,18H,2,10-11,13H2,1H3,(H,27,31). The Labute approximate surface area is 193 Å². The maximum atomic E-state index is 13.1. The summed E-state index contributed by atoms with van der Waals surface area (Å²) in [6, 6.07) is 11.7. The molecule has 0 saturated carbocycles. The number of benzene rings is 2. The molecule has 2 aromatic carbocycles. The molecule has 170 valence electrons. The number of carbonyl (C=O) groups excluding carboxylic acids is 2. The molecule has 0 spiro atoms. The van der Waals surface area contributed by atoms with Gasteiger partial charge in [-0.2, -0.15) is 13.2 Å². The molecule has 1 unspecified atom stereocenters. The van der Waals surface area contributed by atoms with Crippen molar-refractivity contribution in [3.05, 3.63) is 64.7 Å². The molecule has 0 radical (unpaired) electrons. The summed E-state index contributed by atoms with van der Waals surface area (Å²) in [4.78, 5) is 30.9. The number of alkyl halides is 3. The second-order valence-corrected chi connectivity index (χ2v) is 8.68. The van der Waals surface area contributed by atoms with Crippen LogP contribution in [-0.2, 0) is 22.2 Å². The maximum Gasteiger partial charge on any atom is 0.416 e. The molecule has 5 nitrogen and oxygen atoms in total. The van der Waals surface area contributed by atoms with Crippen LogP contribution in [-0.4, -0.2) is 40.2 Å². The second-order valence-electron chi connectivity index (χ2n) is 7.07. The Kier molecular flexibility index (Phi) is 7.84. The lowest BCUT2D eigenvalue weighted by Gasteiger charge is -2.31. The minimum Gasteiger partial charge on any atom is -0.355 e. The Hall–Kier alpha value is -2.52. The molecule has 1 aliphatic rings. The van der Waals surface area contributed by atoms with Gasteiger partial charge in [-0.3, -0.25) is 14.5 Å². The van der Waals surface area contributed by atoms with Gasteiger partial charge in [0.25, 0.3) is 0 Å². The topological polar surface area (TPSA) is 61.8 Å². The molecule has 10 heteroatoms. The Morgan fingerprint density at radius 1 is 1.25 bits per heavy atom. The summed E-state index contributed by atoms with van der Waals surface area (Å²) in [5, 5.41) is 2.78. The number of aliphatic imine (C=N–C) groups is 1. The van der Waals surface area contributed by atoms with Gasteiger partial charge in [-0.1, -0.05) is 41.6 Å². The third-order valence-corrected chi connectivity index (χ3v) is 6.16. The van der Waals surface area contributed by atoms with Gasteiger partial charge in [0.05, 0.1) is 16.5 Å². The average molecular weight is 484 g/mol. The minimum atomic E-state index is -4.51. The number of carbonyl (C=O) groups is 2. The molecule has 0 aromatic heterocycles. The van der Waals surface area contributed by atoms with Gasteiger partial charge in [-0.25, -0.2) is 4.99 Å². The van der Waals surface area contributed by atoms with Gasteiger partial charge in [-0.15, -0.1) is 0 Å². The number of amides is 2. The summed E-state index contributed by atoms with van der Waals surface area (Å²) in [6.45, 7) is 2.45. The summed E-state index contributed by atoms with van der Waals surface area (Å²) < 4.78 is 39.3. The number of nitrogens with zero attached hydrogens (tertiary/aromatic N) is 2. The van der Waals surface area contributed by atoms with E-state index in [-0.39, 0.29) is 35.6 Å². The highest BCUT2D eigenvalue weighted by atomic mass is 35.5. The zero-order chi connectivity index (χ0) is 23.3. The predicted octanol–water partition coefficient (Wildman–Crippen LogP) is 5.06. The Morgan fingerprint density at radius 2 is 1.97 bits per heavy atom. The van der Waals surface area contributed by atoms with Gasteiger partial charge in [-0.05, 0) is 49.2 Å². The molecule has 1 saturated heterocycles. The highest BCUT2D eigenvalue weighted by molar-refractivity contribution is 8.15. The van der Waals surface area contributed by atoms with Crippen LogP contribution in [0.5, 0.6) is 0 Å². The van der Waals surface area contributed by atoms with E-state index >= 15 is 0 Å². The number of nitrogens with one attached hydrogen (secondary N) is 1. The van der Waals surface area contributed by atoms with E-state index in [0.717, 1.165) is 29.5 Å². The summed E-state index contributed by atoms with van der Waals surface area (Å²) in [5.41, 5.74) is 0.166. The van der Waals surface area contributed by atoms with Crippen LogP contribution in [0.2, 0.25) is 5.02 Å². The van der Waals surface area contributed by atoms with Crippen molar-refractivity contribution in [2.75, 3.05) is 13.1 Å². The minimum absolute atomic E-state index is 0.0152. The van der Waals surface area contributed by atoms with Gasteiger partial charge < -0.3 is 5.32 Å². The number of amidine groups is 1. The zero-order valence-electron chi connectivity index (χ0n) is 17.2. The van der Waals surface area contributed by atoms with Crippen LogP contribution in [0.3, 0.4) is 0 Å². The van der Waals surface area contributed by atoms with E-state index in [9.17, 15) is 22.8 Å². The number of rotatable bonds is 6. The average Bonchev–Trinajstić information content (AvgIpc) is 2.74. The fourth-order valence-electron chi connectivity index (χ4n) is 3.10. The predicted molar refractivity (Wildman–Crippen MR) is 120 cm³/mol. The van der Waals surface area contributed by atoms with Crippen LogP contribution >= 0.6 is 23.4 Å². The lowest BCUT2D eigenvalue weighted by atomic mass is 10.1. The van der Waals surface area contributed by atoms with Crippen molar-refractivity contribution < 1.29 is 22.8 Å². The maximum absolute atomic E-state index is 13.1. The third kappa shape index (κ3) is 6.26. The van der Waals surface area contributed by atoms with Crippen molar-refractivity contribution in [3.63, 3.8) is 0 Å². The Bertz CT molecular complexity index is 1010. The monoisotopic (exact) mass is 483 g/mol. The molecule has 1 fully saturated rings. The Balaban J connectivity index is 1.89. The van der Waals surface area contributed by atoms with Crippen LogP contribution in [0.15, 0.2) is 53.5 Å². The molecule has 2 aromatic rings. The normalized spacial score (nSPS) is 18.2. The Morgan fingerprint density at radius 3 is 2.62 bits per heavy atom. The van der Waals surface area contributed by atoms with E-state index in [0.29, 0.717) is 18.0 Å². The van der Waals surface area contributed by atoms with Crippen molar-refractivity contribution in [2.45, 2.75) is 31.2 Å². The van der Waals surface area contributed by atoms with Gasteiger partial charge in [0.15, 0.2) is 5.17 Å². The summed E-state index contributed by atoms with van der Waals surface area (Å²) in [7, 11) is 0. The van der Waals surface area contributed by atoms with Crippen molar-refractivity contribution in [1.82, 2.24) is 10.2 Å². The van der Waals surface area contributed by atoms with Crippen LogP contribution in [0.25, 0.3) is 0 Å². The van der Waals surface area contributed by atoms with E-state index in [1.807, 2.05) is 12.1 Å². The molecule has 1 atom stereocenters. The SMILES string of the molecule is CCNC(=O)C1CC(=O)N(CCc2ccc(Cl)cc2)C(=Nc2cccc(C(F)(F)F)c2)S1. The molecule has 0 bridgehead atoms. The first-order valence-electron chi connectivity index (χ1n) is 9.92. The second kappa shape index (κ2) is 10.4. The molecule has 1 heterocycles. The van der Waals surface area contributed by atoms with Crippen molar-refractivity contribution in [2.24, 2.45) is 4.99 Å². The lowest BCUT2D eigenvalue weighted by Crippen LogP contribution is -2.47. The number of hydrogen-bond acceptors (Lipinski definition) is 4. The molecular weight excluding hydrogens is 463 g/mol. The van der Waals surface area contributed by atoms with E-state index in [2.05, 4.69) is 10.3 Å². The first-order chi connectivity index (χ1) is 15.2. The molecule has 1 aliphatic heterocycles. The third-order valence-electron chi connectivity index (χ3n) is 4.72. The van der Waals surface area contributed by atoms with Crippen LogP contribution in [0.1, 0.15) is 24.5 Å². The number of thioether (sulfide) groups is 1. The van der Waals surface area contributed by atoms with Crippen molar-refractivity contribution in [3.8, 4) is 0 Å². The quantitative estimate of drug-likeness (QED) is 0.624. The summed E-state index contributed by atoms with van der Waals surface area (Å²) >= 11 is 6.99. The van der Waals surface area contributed by atoms with Crippen LogP contribution in [0, 0.1) is 0 Å². The zero-order valence-corrected chi connectivity index (χ0v) is 18.7. The van der Waals surface area contributed by atoms with Crippen LogP contribution in [0.4, 0.5) is 18.9 Å². The molecule has 2 amide bonds. The molecule has 0 aliphatic carbocycles. The molecule has 3 rings (SSSR count). The van der Waals surface area contributed by atoms with Crippen molar-refractivity contribution in [1.29, 1.82) is 0 Å². The van der Waals surface area contributed by atoms with E-state index in [4.69, 9.17) is 11.6 Å². The highest BCUT2D eigenvalue weighted by Gasteiger charge is 2.36. The van der Waals surface area contributed by atoms with Crippen molar-refractivity contribution >= 4 is 46.0 Å². The highest BCUT2D eigenvalue weighted by Crippen LogP contribution is 2.33. The van der Waals surface area contributed by atoms with E-state index in [1.54, 1.807) is 19.1 Å². The molecule has 32 heavy (non-hydrogen) atoms. The van der Waals surface area contributed by atoms with Crippen LogP contribution < -0.4 is 5.32 Å². The lowest BCUT2D eigenvalue weighted by molar-refractivity contribution is -0.137. The first-order valence-corrected chi connectivity index (χ1v) is 11.2. The smallest absolute Gasteiger partial charge is 0.355 e. The fraction of sp³-hybridized carbons (Fsp3) is 0.318. The molecular formula is C22H21ClF3N3O2S. The van der Waals surface area contributed by atoms with E-state index < -0.39 is 17.0 Å².